The molecular formula is C12H14BrClFN. The van der Waals surface area contributed by atoms with E-state index in [2.05, 4.69) is 21.2 Å². The van der Waals surface area contributed by atoms with Crippen molar-refractivity contribution in [2.75, 3.05) is 6.54 Å². The fraction of sp³-hybridized carbons (Fsp3) is 0.500. The van der Waals surface area contributed by atoms with Crippen LogP contribution < -0.4 is 5.32 Å². The van der Waals surface area contributed by atoms with Crippen LogP contribution >= 0.6 is 27.5 Å². The summed E-state index contributed by atoms with van der Waals surface area (Å²) in [6.45, 7) is 1.78. The molecule has 0 bridgehead atoms. The first kappa shape index (κ1) is 12.3. The van der Waals surface area contributed by atoms with Crippen LogP contribution in [0.15, 0.2) is 22.7 Å². The highest BCUT2D eigenvalue weighted by molar-refractivity contribution is 9.10. The summed E-state index contributed by atoms with van der Waals surface area (Å²) in [6.07, 6.45) is 2.23. The van der Waals surface area contributed by atoms with Gasteiger partial charge in [0.15, 0.2) is 0 Å². The summed E-state index contributed by atoms with van der Waals surface area (Å²) in [4.78, 5) is 0. The molecule has 2 rings (SSSR count). The Hall–Kier alpha value is -0.120. The molecule has 1 aromatic rings. The second-order valence-electron chi connectivity index (χ2n) is 4.31. The van der Waals surface area contributed by atoms with E-state index in [1.54, 1.807) is 6.07 Å². The van der Waals surface area contributed by atoms with E-state index in [-0.39, 0.29) is 5.82 Å². The standard InChI is InChI=1S/C12H14BrClFN/c13-11-5-8(1-2-12(11)15)6-16-7-9-3-10(14)4-9/h1-2,5,9-10,16H,3-4,6-7H2. The van der Waals surface area contributed by atoms with E-state index >= 15 is 0 Å². The summed E-state index contributed by atoms with van der Waals surface area (Å²) in [5, 5.41) is 3.75. The summed E-state index contributed by atoms with van der Waals surface area (Å²) in [5.41, 5.74) is 1.09. The van der Waals surface area contributed by atoms with Crippen LogP contribution in [0.3, 0.4) is 0 Å². The lowest BCUT2D eigenvalue weighted by Crippen LogP contribution is -2.33. The normalized spacial score (nSPS) is 24.2. The molecule has 1 nitrogen and oxygen atoms in total. The van der Waals surface area contributed by atoms with Crippen LogP contribution in [0.1, 0.15) is 18.4 Å². The van der Waals surface area contributed by atoms with Crippen molar-refractivity contribution in [3.63, 3.8) is 0 Å². The number of halogens is 3. The van der Waals surface area contributed by atoms with Crippen molar-refractivity contribution in [3.8, 4) is 0 Å². The van der Waals surface area contributed by atoms with Crippen molar-refractivity contribution >= 4 is 27.5 Å². The van der Waals surface area contributed by atoms with Gasteiger partial charge in [-0.15, -0.1) is 11.6 Å². The molecule has 1 saturated carbocycles. The van der Waals surface area contributed by atoms with Crippen LogP contribution in [0, 0.1) is 11.7 Å². The first-order valence-corrected chi connectivity index (χ1v) is 6.67. The Morgan fingerprint density at radius 1 is 1.44 bits per heavy atom. The van der Waals surface area contributed by atoms with Gasteiger partial charge in [0, 0.05) is 11.9 Å². The first-order valence-electron chi connectivity index (χ1n) is 5.44. The molecule has 0 amide bonds. The van der Waals surface area contributed by atoms with Gasteiger partial charge in [0.2, 0.25) is 0 Å². The number of hydrogen-bond donors (Lipinski definition) is 1. The molecule has 1 aromatic carbocycles. The summed E-state index contributed by atoms with van der Waals surface area (Å²) >= 11 is 9.08. The number of hydrogen-bond acceptors (Lipinski definition) is 1. The summed E-state index contributed by atoms with van der Waals surface area (Å²) in [5.74, 6) is 0.499. The van der Waals surface area contributed by atoms with E-state index < -0.39 is 0 Å². The molecule has 4 heteroatoms. The summed E-state index contributed by atoms with van der Waals surface area (Å²) in [7, 11) is 0. The zero-order valence-corrected chi connectivity index (χ0v) is 11.2. The average Bonchev–Trinajstić information content (AvgIpc) is 2.21. The van der Waals surface area contributed by atoms with Crippen LogP contribution in [0.4, 0.5) is 4.39 Å². The topological polar surface area (TPSA) is 12.0 Å². The first-order chi connectivity index (χ1) is 7.65. The molecular weight excluding hydrogens is 292 g/mol. The number of benzene rings is 1. The van der Waals surface area contributed by atoms with E-state index in [0.717, 1.165) is 31.5 Å². The predicted octanol–water partition coefficient (Wildman–Crippen LogP) is 3.70. The largest absolute Gasteiger partial charge is 0.312 e. The average molecular weight is 307 g/mol. The molecule has 0 radical (unpaired) electrons. The number of alkyl halides is 1. The van der Waals surface area contributed by atoms with Crippen LogP contribution in [0.2, 0.25) is 0 Å². The zero-order chi connectivity index (χ0) is 11.5. The van der Waals surface area contributed by atoms with Gasteiger partial charge in [0.25, 0.3) is 0 Å². The van der Waals surface area contributed by atoms with Gasteiger partial charge in [-0.05, 0) is 58.9 Å². The Morgan fingerprint density at radius 3 is 2.81 bits per heavy atom. The number of rotatable bonds is 4. The van der Waals surface area contributed by atoms with Crippen LogP contribution in [0.25, 0.3) is 0 Å². The second kappa shape index (κ2) is 5.48. The van der Waals surface area contributed by atoms with E-state index in [1.807, 2.05) is 6.07 Å². The molecule has 0 unspecified atom stereocenters. The molecule has 0 heterocycles. The zero-order valence-electron chi connectivity index (χ0n) is 8.85. The predicted molar refractivity (Wildman–Crippen MR) is 68.2 cm³/mol. The highest BCUT2D eigenvalue weighted by Crippen LogP contribution is 2.31. The summed E-state index contributed by atoms with van der Waals surface area (Å²) < 4.78 is 13.5. The fourth-order valence-electron chi connectivity index (χ4n) is 1.89. The Kier molecular flexibility index (Phi) is 4.22. The lowest BCUT2D eigenvalue weighted by atomic mass is 9.85. The van der Waals surface area contributed by atoms with Crippen LogP contribution in [0.5, 0.6) is 0 Å². The summed E-state index contributed by atoms with van der Waals surface area (Å²) in [6, 6.07) is 5.10. The monoisotopic (exact) mass is 305 g/mol. The van der Waals surface area contributed by atoms with Crippen molar-refractivity contribution in [3.05, 3.63) is 34.1 Å². The smallest absolute Gasteiger partial charge is 0.137 e. The molecule has 1 fully saturated rings. The van der Waals surface area contributed by atoms with Gasteiger partial charge in [-0.2, -0.15) is 0 Å². The Balaban J connectivity index is 1.74. The molecule has 0 aliphatic heterocycles. The quantitative estimate of drug-likeness (QED) is 0.837. The minimum Gasteiger partial charge on any atom is -0.312 e. The van der Waals surface area contributed by atoms with Gasteiger partial charge >= 0.3 is 0 Å². The van der Waals surface area contributed by atoms with Crippen molar-refractivity contribution < 1.29 is 4.39 Å². The maximum Gasteiger partial charge on any atom is 0.137 e. The Morgan fingerprint density at radius 2 is 2.19 bits per heavy atom. The van der Waals surface area contributed by atoms with Gasteiger partial charge in [-0.3, -0.25) is 0 Å². The second-order valence-corrected chi connectivity index (χ2v) is 5.79. The van der Waals surface area contributed by atoms with E-state index in [4.69, 9.17) is 11.6 Å². The van der Waals surface area contributed by atoms with E-state index in [0.29, 0.717) is 15.8 Å². The van der Waals surface area contributed by atoms with E-state index in [1.165, 1.54) is 6.07 Å². The highest BCUT2D eigenvalue weighted by Gasteiger charge is 2.26. The molecule has 0 atom stereocenters. The highest BCUT2D eigenvalue weighted by atomic mass is 79.9. The van der Waals surface area contributed by atoms with Crippen LogP contribution in [-0.2, 0) is 6.54 Å². The molecule has 16 heavy (non-hydrogen) atoms. The molecule has 88 valence electrons. The fourth-order valence-corrected chi connectivity index (χ4v) is 2.82. The molecule has 1 aliphatic rings. The molecule has 1 N–H and O–H groups in total. The van der Waals surface area contributed by atoms with E-state index in [9.17, 15) is 4.39 Å². The number of nitrogens with one attached hydrogen (secondary N) is 1. The minimum absolute atomic E-state index is 0.215. The minimum atomic E-state index is -0.215. The molecule has 0 spiro atoms. The third kappa shape index (κ3) is 3.19. The lowest BCUT2D eigenvalue weighted by molar-refractivity contribution is 0.308. The lowest BCUT2D eigenvalue weighted by Gasteiger charge is -2.31. The van der Waals surface area contributed by atoms with Gasteiger partial charge < -0.3 is 5.32 Å². The van der Waals surface area contributed by atoms with Crippen molar-refractivity contribution in [2.45, 2.75) is 24.8 Å². The van der Waals surface area contributed by atoms with Crippen LogP contribution in [-0.4, -0.2) is 11.9 Å². The van der Waals surface area contributed by atoms with Crippen molar-refractivity contribution in [1.82, 2.24) is 5.32 Å². The maximum atomic E-state index is 13.0. The van der Waals surface area contributed by atoms with Gasteiger partial charge in [-0.25, -0.2) is 4.39 Å². The van der Waals surface area contributed by atoms with Gasteiger partial charge in [0.05, 0.1) is 4.47 Å². The maximum absolute atomic E-state index is 13.0. The Bertz CT molecular complexity index is 366. The van der Waals surface area contributed by atoms with Crippen molar-refractivity contribution in [2.24, 2.45) is 5.92 Å². The third-order valence-corrected chi connectivity index (χ3v) is 3.89. The third-order valence-electron chi connectivity index (χ3n) is 2.92. The molecule has 0 aromatic heterocycles. The van der Waals surface area contributed by atoms with Crippen molar-refractivity contribution in [1.29, 1.82) is 0 Å². The van der Waals surface area contributed by atoms with Gasteiger partial charge in [-0.1, -0.05) is 6.07 Å². The van der Waals surface area contributed by atoms with Gasteiger partial charge in [0.1, 0.15) is 5.82 Å². The molecule has 0 saturated heterocycles. The SMILES string of the molecule is Fc1ccc(CNCC2CC(Cl)C2)cc1Br. The Labute approximate surface area is 109 Å². The molecule has 1 aliphatic carbocycles.